The van der Waals surface area contributed by atoms with Crippen molar-refractivity contribution in [2.45, 2.75) is 40.5 Å². The van der Waals surface area contributed by atoms with E-state index < -0.39 is 0 Å². The molecular weight excluding hydrogens is 267 g/mol. The summed E-state index contributed by atoms with van der Waals surface area (Å²) in [7, 11) is 1.63. The molecule has 0 unspecified atom stereocenters. The zero-order valence-corrected chi connectivity index (χ0v) is 13.7. The molecule has 0 radical (unpaired) electrons. The molecule has 0 saturated carbocycles. The Morgan fingerprint density at radius 3 is 2.19 bits per heavy atom. The minimum absolute atomic E-state index is 0.282. The van der Waals surface area contributed by atoms with Gasteiger partial charge in [0.05, 0.1) is 13.3 Å². The Morgan fingerprint density at radius 2 is 1.76 bits per heavy atom. The van der Waals surface area contributed by atoms with E-state index in [1.807, 2.05) is 39.0 Å². The maximum atomic E-state index is 12.0. The van der Waals surface area contributed by atoms with Crippen molar-refractivity contribution in [1.82, 2.24) is 9.97 Å². The monoisotopic (exact) mass is 292 g/mol. The molecule has 2 rings (SSSR count). The molecule has 0 fully saturated rings. The van der Waals surface area contributed by atoms with Gasteiger partial charge in [-0.15, -0.1) is 0 Å². The Bertz CT molecular complexity index is 477. The zero-order chi connectivity index (χ0) is 16.3. The van der Waals surface area contributed by atoms with Crippen LogP contribution >= 0.6 is 0 Å². The number of methoxy groups -OCH3 is 1. The molecule has 0 saturated heterocycles. The SMILES string of the molecule is CC.COc1cccc(C(C)C)n1.Cc1ccc(F)cn1. The molecule has 3 nitrogen and oxygen atoms in total. The van der Waals surface area contributed by atoms with E-state index in [1.165, 1.54) is 12.3 Å². The second-order valence-electron chi connectivity index (χ2n) is 4.38. The van der Waals surface area contributed by atoms with Gasteiger partial charge in [0.25, 0.3) is 0 Å². The van der Waals surface area contributed by atoms with Crippen LogP contribution in [-0.2, 0) is 0 Å². The molecule has 0 N–H and O–H groups in total. The highest BCUT2D eigenvalue weighted by molar-refractivity contribution is 5.17. The Labute approximate surface area is 127 Å². The first-order valence-electron chi connectivity index (χ1n) is 7.12. The minimum atomic E-state index is -0.282. The Morgan fingerprint density at radius 1 is 1.10 bits per heavy atom. The van der Waals surface area contributed by atoms with Gasteiger partial charge in [-0.3, -0.25) is 4.98 Å². The molecular formula is C17H25FN2O. The molecule has 0 aliphatic rings. The fourth-order valence-electron chi connectivity index (χ4n) is 1.32. The second kappa shape index (κ2) is 10.8. The predicted molar refractivity (Wildman–Crippen MR) is 85.2 cm³/mol. The number of hydrogen-bond acceptors (Lipinski definition) is 3. The largest absolute Gasteiger partial charge is 0.481 e. The molecule has 0 aliphatic heterocycles. The van der Waals surface area contributed by atoms with Crippen molar-refractivity contribution >= 4 is 0 Å². The van der Waals surface area contributed by atoms with Gasteiger partial charge in [-0.1, -0.05) is 33.8 Å². The molecule has 0 aliphatic carbocycles. The quantitative estimate of drug-likeness (QED) is 0.799. The summed E-state index contributed by atoms with van der Waals surface area (Å²) in [4.78, 5) is 7.97. The number of aryl methyl sites for hydroxylation is 1. The van der Waals surface area contributed by atoms with Crippen molar-refractivity contribution in [2.75, 3.05) is 7.11 Å². The second-order valence-corrected chi connectivity index (χ2v) is 4.38. The van der Waals surface area contributed by atoms with Gasteiger partial charge in [-0.2, -0.15) is 0 Å². The molecule has 2 heterocycles. The number of halogens is 1. The summed E-state index contributed by atoms with van der Waals surface area (Å²) in [5.74, 6) is 0.872. The van der Waals surface area contributed by atoms with Crippen LogP contribution < -0.4 is 4.74 Å². The first-order chi connectivity index (χ1) is 10.0. The van der Waals surface area contributed by atoms with Gasteiger partial charge < -0.3 is 4.74 Å². The maximum absolute atomic E-state index is 12.0. The Hall–Kier alpha value is -1.97. The van der Waals surface area contributed by atoms with Crippen LogP contribution in [0.25, 0.3) is 0 Å². The van der Waals surface area contributed by atoms with Crippen molar-refractivity contribution in [3.05, 3.63) is 53.7 Å². The van der Waals surface area contributed by atoms with Crippen LogP contribution in [0.1, 0.15) is 45.0 Å². The fraction of sp³-hybridized carbons (Fsp3) is 0.412. The van der Waals surface area contributed by atoms with E-state index >= 15 is 0 Å². The van der Waals surface area contributed by atoms with Crippen LogP contribution in [0.5, 0.6) is 5.88 Å². The van der Waals surface area contributed by atoms with Gasteiger partial charge in [0, 0.05) is 17.5 Å². The standard InChI is InChI=1S/C9H13NO.C6H6FN.C2H6/c1-7(2)8-5-4-6-9(10-8)11-3;1-5-2-3-6(7)4-8-5;1-2/h4-7H,1-3H3;2-4H,1H3;1-2H3. The average Bonchev–Trinajstić information content (AvgIpc) is 2.53. The number of pyridine rings is 2. The van der Waals surface area contributed by atoms with Crippen LogP contribution in [0, 0.1) is 12.7 Å². The number of ether oxygens (including phenoxy) is 1. The van der Waals surface area contributed by atoms with Gasteiger partial charge in [-0.05, 0) is 31.0 Å². The molecule has 116 valence electrons. The maximum Gasteiger partial charge on any atom is 0.213 e. The highest BCUT2D eigenvalue weighted by Crippen LogP contribution is 2.14. The fourth-order valence-corrected chi connectivity index (χ4v) is 1.32. The third-order valence-corrected chi connectivity index (χ3v) is 2.42. The van der Waals surface area contributed by atoms with Gasteiger partial charge >= 0.3 is 0 Å². The zero-order valence-electron chi connectivity index (χ0n) is 13.7. The summed E-state index contributed by atoms with van der Waals surface area (Å²) in [5, 5.41) is 0. The van der Waals surface area contributed by atoms with Crippen molar-refractivity contribution in [1.29, 1.82) is 0 Å². The van der Waals surface area contributed by atoms with Crippen molar-refractivity contribution in [2.24, 2.45) is 0 Å². The molecule has 0 atom stereocenters. The lowest BCUT2D eigenvalue weighted by Crippen LogP contribution is -1.94. The molecule has 4 heteroatoms. The van der Waals surface area contributed by atoms with Crippen molar-refractivity contribution < 1.29 is 9.13 Å². The normalized spacial score (nSPS) is 9.14. The van der Waals surface area contributed by atoms with E-state index in [4.69, 9.17) is 4.74 Å². The van der Waals surface area contributed by atoms with Gasteiger partial charge in [0.2, 0.25) is 5.88 Å². The van der Waals surface area contributed by atoms with Gasteiger partial charge in [0.15, 0.2) is 0 Å². The molecule has 0 aromatic carbocycles. The van der Waals surface area contributed by atoms with Crippen LogP contribution in [0.2, 0.25) is 0 Å². The van der Waals surface area contributed by atoms with E-state index in [9.17, 15) is 4.39 Å². The molecule has 0 amide bonds. The highest BCUT2D eigenvalue weighted by Gasteiger charge is 2.00. The number of hydrogen-bond donors (Lipinski definition) is 0. The Balaban J connectivity index is 0.000000354. The first kappa shape index (κ1) is 19.0. The summed E-state index contributed by atoms with van der Waals surface area (Å²) in [5.41, 5.74) is 1.91. The van der Waals surface area contributed by atoms with Crippen LogP contribution in [-0.4, -0.2) is 17.1 Å². The summed E-state index contributed by atoms with van der Waals surface area (Å²) >= 11 is 0. The summed E-state index contributed by atoms with van der Waals surface area (Å²) in [6.45, 7) is 10.0. The lowest BCUT2D eigenvalue weighted by molar-refractivity contribution is 0.395. The number of nitrogens with zero attached hydrogens (tertiary/aromatic N) is 2. The van der Waals surface area contributed by atoms with E-state index in [0.717, 1.165) is 11.4 Å². The topological polar surface area (TPSA) is 35.0 Å². The molecule has 0 bridgehead atoms. The summed E-state index contributed by atoms with van der Waals surface area (Å²) in [6.07, 6.45) is 1.20. The average molecular weight is 292 g/mol. The van der Waals surface area contributed by atoms with Crippen molar-refractivity contribution in [3.8, 4) is 5.88 Å². The summed E-state index contributed by atoms with van der Waals surface area (Å²) in [6, 6.07) is 8.85. The molecule has 0 spiro atoms. The van der Waals surface area contributed by atoms with E-state index in [1.54, 1.807) is 13.2 Å². The lowest BCUT2D eigenvalue weighted by atomic mass is 10.1. The van der Waals surface area contributed by atoms with E-state index in [-0.39, 0.29) is 5.82 Å². The third kappa shape index (κ3) is 8.02. The minimum Gasteiger partial charge on any atom is -0.481 e. The smallest absolute Gasteiger partial charge is 0.213 e. The van der Waals surface area contributed by atoms with E-state index in [0.29, 0.717) is 11.8 Å². The van der Waals surface area contributed by atoms with Crippen LogP contribution in [0.4, 0.5) is 4.39 Å². The van der Waals surface area contributed by atoms with Crippen molar-refractivity contribution in [3.63, 3.8) is 0 Å². The number of rotatable bonds is 2. The lowest BCUT2D eigenvalue weighted by Gasteiger charge is -2.04. The van der Waals surface area contributed by atoms with E-state index in [2.05, 4.69) is 23.8 Å². The van der Waals surface area contributed by atoms with Gasteiger partial charge in [-0.25, -0.2) is 9.37 Å². The first-order valence-corrected chi connectivity index (χ1v) is 7.12. The van der Waals surface area contributed by atoms with Gasteiger partial charge in [0.1, 0.15) is 5.82 Å². The summed E-state index contributed by atoms with van der Waals surface area (Å²) < 4.78 is 17.0. The highest BCUT2D eigenvalue weighted by atomic mass is 19.1. The molecule has 2 aromatic rings. The van der Waals surface area contributed by atoms with Crippen LogP contribution in [0.15, 0.2) is 36.5 Å². The molecule has 2 aromatic heterocycles. The third-order valence-electron chi connectivity index (χ3n) is 2.42. The van der Waals surface area contributed by atoms with Crippen LogP contribution in [0.3, 0.4) is 0 Å². The predicted octanol–water partition coefficient (Wildman–Crippen LogP) is 4.77. The molecule has 21 heavy (non-hydrogen) atoms. The Kier molecular flexibility index (Phi) is 9.76. The number of aromatic nitrogens is 2.